The summed E-state index contributed by atoms with van der Waals surface area (Å²) in [5, 5.41) is 18.0. The van der Waals surface area contributed by atoms with Gasteiger partial charge in [-0.1, -0.05) is 34.8 Å². The Kier molecular flexibility index (Phi) is 3.32. The molecule has 0 radical (unpaired) electrons. The van der Waals surface area contributed by atoms with Crippen molar-refractivity contribution in [3.8, 4) is 0 Å². The Morgan fingerprint density at radius 2 is 1.69 bits per heavy atom. The first-order valence-electron chi connectivity index (χ1n) is 3.24. The van der Waals surface area contributed by atoms with Gasteiger partial charge in [0.2, 0.25) is 0 Å². The Labute approximate surface area is 90.2 Å². The van der Waals surface area contributed by atoms with Gasteiger partial charge in [0.25, 0.3) is 0 Å². The minimum Gasteiger partial charge on any atom is -0.423 e. The first kappa shape index (κ1) is 11.0. The molecule has 0 bridgehead atoms. The van der Waals surface area contributed by atoms with Crippen LogP contribution in [0.25, 0.3) is 0 Å². The van der Waals surface area contributed by atoms with Crippen LogP contribution in [0.15, 0.2) is 6.07 Å². The Morgan fingerprint density at radius 1 is 1.15 bits per heavy atom. The van der Waals surface area contributed by atoms with Crippen LogP contribution in [0.4, 0.5) is 5.69 Å². The van der Waals surface area contributed by atoms with Gasteiger partial charge in [-0.25, -0.2) is 0 Å². The van der Waals surface area contributed by atoms with E-state index >= 15 is 0 Å². The molecular weight excluding hydrogens is 235 g/mol. The molecule has 3 nitrogen and oxygen atoms in total. The van der Waals surface area contributed by atoms with E-state index < -0.39 is 7.12 Å². The maximum absolute atomic E-state index is 8.89. The molecule has 0 spiro atoms. The number of halogens is 3. The zero-order valence-electron chi connectivity index (χ0n) is 6.26. The SMILES string of the molecule is Nc1c(Cl)cc(Cl)c(B(O)O)c1Cl. The average Bonchev–Trinajstić information content (AvgIpc) is 1.99. The highest BCUT2D eigenvalue weighted by atomic mass is 35.5. The van der Waals surface area contributed by atoms with E-state index in [9.17, 15) is 0 Å². The monoisotopic (exact) mass is 239 g/mol. The molecule has 1 rings (SSSR count). The Hall–Kier alpha value is -0.125. The summed E-state index contributed by atoms with van der Waals surface area (Å²) in [4.78, 5) is 0. The van der Waals surface area contributed by atoms with E-state index in [4.69, 9.17) is 50.6 Å². The van der Waals surface area contributed by atoms with E-state index in [1.54, 1.807) is 0 Å². The third kappa shape index (κ3) is 2.03. The molecule has 0 aliphatic heterocycles. The molecule has 70 valence electrons. The van der Waals surface area contributed by atoms with Gasteiger partial charge in [0.15, 0.2) is 0 Å². The summed E-state index contributed by atoms with van der Waals surface area (Å²) >= 11 is 17.0. The van der Waals surface area contributed by atoms with Crippen molar-refractivity contribution in [2.75, 3.05) is 5.73 Å². The summed E-state index contributed by atoms with van der Waals surface area (Å²) in [5.74, 6) is 0. The van der Waals surface area contributed by atoms with Crippen LogP contribution in [-0.4, -0.2) is 17.2 Å². The van der Waals surface area contributed by atoms with Crippen LogP contribution in [-0.2, 0) is 0 Å². The fraction of sp³-hybridized carbons (Fsp3) is 0. The second-order valence-electron chi connectivity index (χ2n) is 2.36. The molecule has 0 aliphatic rings. The highest BCUT2D eigenvalue weighted by Crippen LogP contribution is 2.29. The van der Waals surface area contributed by atoms with Gasteiger partial charge in [0, 0.05) is 10.5 Å². The van der Waals surface area contributed by atoms with Crippen molar-refractivity contribution < 1.29 is 10.0 Å². The highest BCUT2D eigenvalue weighted by Gasteiger charge is 2.22. The number of nitrogens with two attached hydrogens (primary N) is 1. The summed E-state index contributed by atoms with van der Waals surface area (Å²) in [6.45, 7) is 0. The van der Waals surface area contributed by atoms with Crippen molar-refractivity contribution in [2.24, 2.45) is 0 Å². The molecule has 13 heavy (non-hydrogen) atoms. The third-order valence-corrected chi connectivity index (χ3v) is 2.53. The van der Waals surface area contributed by atoms with Gasteiger partial charge in [0.1, 0.15) is 0 Å². The molecular formula is C6H5BCl3NO2. The summed E-state index contributed by atoms with van der Waals surface area (Å²) in [7, 11) is -1.76. The summed E-state index contributed by atoms with van der Waals surface area (Å²) in [6, 6.07) is 1.30. The van der Waals surface area contributed by atoms with Gasteiger partial charge in [-0.15, -0.1) is 0 Å². The number of nitrogen functional groups attached to an aromatic ring is 1. The van der Waals surface area contributed by atoms with Crippen LogP contribution in [0.3, 0.4) is 0 Å². The summed E-state index contributed by atoms with van der Waals surface area (Å²) < 4.78 is 0. The predicted molar refractivity (Wildman–Crippen MR) is 55.7 cm³/mol. The minimum atomic E-state index is -1.76. The Morgan fingerprint density at radius 3 is 2.15 bits per heavy atom. The first-order valence-corrected chi connectivity index (χ1v) is 4.37. The molecule has 0 unspecified atom stereocenters. The smallest absolute Gasteiger partial charge is 0.423 e. The maximum atomic E-state index is 8.89. The maximum Gasteiger partial charge on any atom is 0.491 e. The van der Waals surface area contributed by atoms with Gasteiger partial charge < -0.3 is 15.8 Å². The number of anilines is 1. The predicted octanol–water partition coefficient (Wildman–Crippen LogP) is 0.909. The lowest BCUT2D eigenvalue weighted by atomic mass is 9.80. The van der Waals surface area contributed by atoms with Gasteiger partial charge >= 0.3 is 7.12 Å². The van der Waals surface area contributed by atoms with Crippen molar-refractivity contribution in [1.82, 2.24) is 0 Å². The third-order valence-electron chi connectivity index (χ3n) is 1.50. The Balaban J connectivity index is 3.44. The molecule has 0 aromatic heterocycles. The zero-order chi connectivity index (χ0) is 10.2. The van der Waals surface area contributed by atoms with E-state index in [1.807, 2.05) is 0 Å². The fourth-order valence-corrected chi connectivity index (χ4v) is 1.82. The van der Waals surface area contributed by atoms with E-state index in [-0.39, 0.29) is 26.2 Å². The number of hydrogen-bond donors (Lipinski definition) is 3. The van der Waals surface area contributed by atoms with Crippen LogP contribution in [0, 0.1) is 0 Å². The molecule has 0 aliphatic carbocycles. The van der Waals surface area contributed by atoms with Crippen molar-refractivity contribution in [1.29, 1.82) is 0 Å². The van der Waals surface area contributed by atoms with E-state index in [0.29, 0.717) is 0 Å². The minimum absolute atomic E-state index is 0.0347. The van der Waals surface area contributed by atoms with Crippen LogP contribution in [0.1, 0.15) is 0 Å². The van der Waals surface area contributed by atoms with Gasteiger partial charge in [-0.2, -0.15) is 0 Å². The molecule has 1 aromatic carbocycles. The second-order valence-corrected chi connectivity index (χ2v) is 3.55. The molecule has 4 N–H and O–H groups in total. The average molecular weight is 240 g/mol. The largest absolute Gasteiger partial charge is 0.491 e. The molecule has 0 saturated carbocycles. The highest BCUT2D eigenvalue weighted by molar-refractivity contribution is 6.67. The first-order chi connectivity index (χ1) is 5.95. The zero-order valence-corrected chi connectivity index (χ0v) is 8.53. The van der Waals surface area contributed by atoms with Crippen LogP contribution in [0.2, 0.25) is 15.1 Å². The van der Waals surface area contributed by atoms with Crippen molar-refractivity contribution in [3.63, 3.8) is 0 Å². The number of hydrogen-bond acceptors (Lipinski definition) is 3. The van der Waals surface area contributed by atoms with Gasteiger partial charge in [0.05, 0.1) is 15.7 Å². The van der Waals surface area contributed by atoms with Gasteiger partial charge in [-0.05, 0) is 6.07 Å². The normalized spacial score (nSPS) is 10.2. The molecule has 0 fully saturated rings. The second kappa shape index (κ2) is 3.94. The van der Waals surface area contributed by atoms with Crippen LogP contribution in [0.5, 0.6) is 0 Å². The molecule has 1 aromatic rings. The summed E-state index contributed by atoms with van der Waals surface area (Å²) in [5.41, 5.74) is 5.49. The number of rotatable bonds is 1. The lowest BCUT2D eigenvalue weighted by molar-refractivity contribution is 0.426. The molecule has 0 saturated heterocycles. The standard InChI is InChI=1S/C6H5BCl3NO2/c8-2-1-3(9)6(11)5(10)4(2)7(12)13/h1,12-13H,11H2. The molecule has 0 amide bonds. The molecule has 0 heterocycles. The van der Waals surface area contributed by atoms with Crippen LogP contribution < -0.4 is 11.2 Å². The fourth-order valence-electron chi connectivity index (χ4n) is 0.858. The lowest BCUT2D eigenvalue weighted by Gasteiger charge is -2.09. The number of benzene rings is 1. The van der Waals surface area contributed by atoms with Crippen molar-refractivity contribution in [3.05, 3.63) is 21.1 Å². The lowest BCUT2D eigenvalue weighted by Crippen LogP contribution is -2.32. The van der Waals surface area contributed by atoms with Crippen LogP contribution >= 0.6 is 34.8 Å². The summed E-state index contributed by atoms with van der Waals surface area (Å²) in [6.07, 6.45) is 0. The molecule has 0 atom stereocenters. The van der Waals surface area contributed by atoms with E-state index in [2.05, 4.69) is 0 Å². The quantitative estimate of drug-likeness (QED) is 0.505. The Bertz CT molecular complexity index is 345. The van der Waals surface area contributed by atoms with Crippen molar-refractivity contribution >= 4 is 53.1 Å². The van der Waals surface area contributed by atoms with Gasteiger partial charge in [-0.3, -0.25) is 0 Å². The molecule has 7 heteroatoms. The van der Waals surface area contributed by atoms with Crippen molar-refractivity contribution in [2.45, 2.75) is 0 Å². The topological polar surface area (TPSA) is 66.5 Å². The van der Waals surface area contributed by atoms with E-state index in [1.165, 1.54) is 6.07 Å². The van der Waals surface area contributed by atoms with E-state index in [0.717, 1.165) is 0 Å².